The Bertz CT molecular complexity index is 295. The number of carbonyl (C=O) groups is 1. The van der Waals surface area contributed by atoms with Gasteiger partial charge in [-0.3, -0.25) is 0 Å². The average Bonchev–Trinajstić information content (AvgIpc) is 2.26. The molecule has 0 aromatic heterocycles. The van der Waals surface area contributed by atoms with E-state index in [4.69, 9.17) is 4.74 Å². The lowest BCUT2D eigenvalue weighted by Crippen LogP contribution is -2.06. The molecule has 0 radical (unpaired) electrons. The standard InChI is InChI=1S/C10H10Br2O2/c11-5-6-14-10(13)9-3-1-8(7-12)2-4-9/h1-4H,5-7H2. The van der Waals surface area contributed by atoms with Crippen molar-refractivity contribution in [1.29, 1.82) is 0 Å². The molecule has 1 aromatic carbocycles. The van der Waals surface area contributed by atoms with E-state index in [1.165, 1.54) is 0 Å². The van der Waals surface area contributed by atoms with Crippen molar-refractivity contribution in [1.82, 2.24) is 0 Å². The van der Waals surface area contributed by atoms with Gasteiger partial charge < -0.3 is 4.74 Å². The molecule has 2 nitrogen and oxygen atoms in total. The number of benzene rings is 1. The number of carbonyl (C=O) groups excluding carboxylic acids is 1. The van der Waals surface area contributed by atoms with Crippen LogP contribution in [0.2, 0.25) is 0 Å². The molecular formula is C10H10Br2O2. The van der Waals surface area contributed by atoms with E-state index >= 15 is 0 Å². The van der Waals surface area contributed by atoms with E-state index in [0.717, 1.165) is 10.9 Å². The fourth-order valence-electron chi connectivity index (χ4n) is 0.945. The molecular weight excluding hydrogens is 312 g/mol. The predicted octanol–water partition coefficient (Wildman–Crippen LogP) is 3.13. The predicted molar refractivity (Wildman–Crippen MR) is 63.1 cm³/mol. The third kappa shape index (κ3) is 3.42. The highest BCUT2D eigenvalue weighted by Crippen LogP contribution is 2.08. The molecule has 0 saturated carbocycles. The number of rotatable bonds is 4. The number of hydrogen-bond acceptors (Lipinski definition) is 2. The monoisotopic (exact) mass is 320 g/mol. The minimum Gasteiger partial charge on any atom is -0.461 e. The highest BCUT2D eigenvalue weighted by Gasteiger charge is 2.05. The van der Waals surface area contributed by atoms with Crippen LogP contribution in [0.5, 0.6) is 0 Å². The lowest BCUT2D eigenvalue weighted by atomic mass is 10.1. The molecule has 1 rings (SSSR count). The number of halogens is 2. The molecule has 0 spiro atoms. The van der Waals surface area contributed by atoms with Crippen LogP contribution in [0.15, 0.2) is 24.3 Å². The summed E-state index contributed by atoms with van der Waals surface area (Å²) >= 11 is 6.53. The van der Waals surface area contributed by atoms with Crippen LogP contribution < -0.4 is 0 Å². The molecule has 0 atom stereocenters. The second-order valence-corrected chi connectivity index (χ2v) is 4.01. The SMILES string of the molecule is O=C(OCCBr)c1ccc(CBr)cc1. The third-order valence-electron chi connectivity index (χ3n) is 1.65. The molecule has 76 valence electrons. The number of ether oxygens (including phenoxy) is 1. The van der Waals surface area contributed by atoms with E-state index in [-0.39, 0.29) is 5.97 Å². The summed E-state index contributed by atoms with van der Waals surface area (Å²) in [6.07, 6.45) is 0. The molecule has 14 heavy (non-hydrogen) atoms. The molecule has 0 fully saturated rings. The molecule has 0 amide bonds. The quantitative estimate of drug-likeness (QED) is 0.629. The zero-order valence-corrected chi connectivity index (χ0v) is 10.7. The van der Waals surface area contributed by atoms with Gasteiger partial charge in [0.05, 0.1) is 5.56 Å². The first-order valence-electron chi connectivity index (χ1n) is 4.16. The summed E-state index contributed by atoms with van der Waals surface area (Å²) in [5.41, 5.74) is 1.73. The Kier molecular flexibility index (Phi) is 5.19. The van der Waals surface area contributed by atoms with Crippen LogP contribution in [0.1, 0.15) is 15.9 Å². The minimum absolute atomic E-state index is 0.273. The summed E-state index contributed by atoms with van der Waals surface area (Å²) in [6.45, 7) is 0.402. The van der Waals surface area contributed by atoms with Gasteiger partial charge in [0.2, 0.25) is 0 Å². The van der Waals surface area contributed by atoms with E-state index in [1.54, 1.807) is 12.1 Å². The van der Waals surface area contributed by atoms with E-state index in [2.05, 4.69) is 31.9 Å². The lowest BCUT2D eigenvalue weighted by molar-refractivity contribution is 0.0531. The fourth-order valence-corrected chi connectivity index (χ4v) is 1.48. The maximum Gasteiger partial charge on any atom is 0.338 e. The molecule has 0 aliphatic heterocycles. The normalized spacial score (nSPS) is 9.86. The van der Waals surface area contributed by atoms with Crippen LogP contribution in [0.3, 0.4) is 0 Å². The maximum absolute atomic E-state index is 11.3. The lowest BCUT2D eigenvalue weighted by Gasteiger charge is -2.02. The summed E-state index contributed by atoms with van der Waals surface area (Å²) < 4.78 is 4.95. The van der Waals surface area contributed by atoms with Crippen molar-refractivity contribution in [2.45, 2.75) is 5.33 Å². The van der Waals surface area contributed by atoms with Crippen molar-refractivity contribution in [3.05, 3.63) is 35.4 Å². The van der Waals surface area contributed by atoms with Crippen LogP contribution in [0.4, 0.5) is 0 Å². The van der Waals surface area contributed by atoms with E-state index in [0.29, 0.717) is 17.5 Å². The first-order valence-corrected chi connectivity index (χ1v) is 6.40. The summed E-state index contributed by atoms with van der Waals surface area (Å²) in [6, 6.07) is 7.35. The van der Waals surface area contributed by atoms with Crippen LogP contribution in [-0.4, -0.2) is 17.9 Å². The Morgan fingerprint density at radius 3 is 2.36 bits per heavy atom. The number of esters is 1. The van der Waals surface area contributed by atoms with Gasteiger partial charge in [-0.2, -0.15) is 0 Å². The molecule has 1 aromatic rings. The largest absolute Gasteiger partial charge is 0.461 e. The first-order chi connectivity index (χ1) is 6.77. The average molecular weight is 322 g/mol. The zero-order valence-electron chi connectivity index (χ0n) is 7.50. The molecule has 0 unspecified atom stereocenters. The van der Waals surface area contributed by atoms with Crippen molar-refractivity contribution in [3.8, 4) is 0 Å². The molecule has 4 heteroatoms. The van der Waals surface area contributed by atoms with Crippen LogP contribution in [0.25, 0.3) is 0 Å². The smallest absolute Gasteiger partial charge is 0.338 e. The summed E-state index contributed by atoms with van der Waals surface area (Å²) in [7, 11) is 0. The van der Waals surface area contributed by atoms with Crippen molar-refractivity contribution in [2.75, 3.05) is 11.9 Å². The minimum atomic E-state index is -0.273. The van der Waals surface area contributed by atoms with Crippen molar-refractivity contribution >= 4 is 37.8 Å². The molecule has 0 aliphatic rings. The van der Waals surface area contributed by atoms with Crippen molar-refractivity contribution in [2.24, 2.45) is 0 Å². The highest BCUT2D eigenvalue weighted by molar-refractivity contribution is 9.09. The first kappa shape index (κ1) is 11.7. The van der Waals surface area contributed by atoms with Gasteiger partial charge in [-0.15, -0.1) is 0 Å². The molecule has 0 heterocycles. The Morgan fingerprint density at radius 1 is 1.21 bits per heavy atom. The van der Waals surface area contributed by atoms with Gasteiger partial charge in [-0.25, -0.2) is 4.79 Å². The Labute approximate surface area is 99.9 Å². The Hall–Kier alpha value is -0.350. The van der Waals surface area contributed by atoms with Crippen LogP contribution >= 0.6 is 31.9 Å². The summed E-state index contributed by atoms with van der Waals surface area (Å²) in [4.78, 5) is 11.3. The third-order valence-corrected chi connectivity index (χ3v) is 2.63. The topological polar surface area (TPSA) is 26.3 Å². The van der Waals surface area contributed by atoms with Gasteiger partial charge in [0.25, 0.3) is 0 Å². The van der Waals surface area contributed by atoms with Gasteiger partial charge in [0.15, 0.2) is 0 Å². The summed E-state index contributed by atoms with van der Waals surface area (Å²) in [5, 5.41) is 1.46. The molecule has 0 bridgehead atoms. The second-order valence-electron chi connectivity index (χ2n) is 2.66. The second kappa shape index (κ2) is 6.19. The number of alkyl halides is 2. The Morgan fingerprint density at radius 2 is 1.86 bits per heavy atom. The Balaban J connectivity index is 2.62. The van der Waals surface area contributed by atoms with Crippen molar-refractivity contribution in [3.63, 3.8) is 0 Å². The number of hydrogen-bond donors (Lipinski definition) is 0. The molecule has 0 saturated heterocycles. The molecule has 0 aliphatic carbocycles. The van der Waals surface area contributed by atoms with Gasteiger partial charge in [0, 0.05) is 10.7 Å². The highest BCUT2D eigenvalue weighted by atomic mass is 79.9. The van der Waals surface area contributed by atoms with Gasteiger partial charge >= 0.3 is 5.97 Å². The fraction of sp³-hybridized carbons (Fsp3) is 0.300. The van der Waals surface area contributed by atoms with E-state index < -0.39 is 0 Å². The zero-order chi connectivity index (χ0) is 10.4. The maximum atomic E-state index is 11.3. The van der Waals surface area contributed by atoms with E-state index in [1.807, 2.05) is 12.1 Å². The van der Waals surface area contributed by atoms with Crippen LogP contribution in [-0.2, 0) is 10.1 Å². The summed E-state index contributed by atoms with van der Waals surface area (Å²) in [5.74, 6) is -0.273. The van der Waals surface area contributed by atoms with E-state index in [9.17, 15) is 4.79 Å². The van der Waals surface area contributed by atoms with Gasteiger partial charge in [-0.05, 0) is 17.7 Å². The van der Waals surface area contributed by atoms with Gasteiger partial charge in [-0.1, -0.05) is 44.0 Å². The van der Waals surface area contributed by atoms with Crippen molar-refractivity contribution < 1.29 is 9.53 Å². The molecule has 0 N–H and O–H groups in total. The van der Waals surface area contributed by atoms with Gasteiger partial charge in [0.1, 0.15) is 6.61 Å². The van der Waals surface area contributed by atoms with Crippen LogP contribution in [0, 0.1) is 0 Å².